The first-order chi connectivity index (χ1) is 9.39. The zero-order chi connectivity index (χ0) is 14.5. The Labute approximate surface area is 121 Å². The van der Waals surface area contributed by atoms with E-state index < -0.39 is 5.54 Å². The van der Waals surface area contributed by atoms with Crippen molar-refractivity contribution in [2.24, 2.45) is 10.7 Å². The summed E-state index contributed by atoms with van der Waals surface area (Å²) in [4.78, 5) is 8.48. The molecule has 1 aliphatic rings. The normalized spacial score (nSPS) is 21.4. The largest absolute Gasteiger partial charge is 0.381 e. The number of imidazole rings is 1. The highest BCUT2D eigenvalue weighted by Crippen LogP contribution is 2.33. The molecule has 1 unspecified atom stereocenters. The number of amidine groups is 1. The third-order valence-corrected chi connectivity index (χ3v) is 3.57. The Morgan fingerprint density at radius 2 is 2.25 bits per heavy atom. The summed E-state index contributed by atoms with van der Waals surface area (Å²) in [6, 6.07) is 4.42. The SMILES string of the molecule is [B]c1ccc(F)c(C2(C)Cn3cc(Cl)nc3C(N)=N2)c1. The molecule has 1 atom stereocenters. The lowest BCUT2D eigenvalue weighted by Gasteiger charge is -2.31. The summed E-state index contributed by atoms with van der Waals surface area (Å²) < 4.78 is 15.9. The summed E-state index contributed by atoms with van der Waals surface area (Å²) in [6.07, 6.45) is 1.65. The van der Waals surface area contributed by atoms with Gasteiger partial charge in [0, 0.05) is 11.8 Å². The van der Waals surface area contributed by atoms with Crippen molar-refractivity contribution in [1.29, 1.82) is 0 Å². The minimum absolute atomic E-state index is 0.229. The molecule has 1 aliphatic heterocycles. The molecule has 2 N–H and O–H groups in total. The van der Waals surface area contributed by atoms with Crippen LogP contribution in [0.3, 0.4) is 0 Å². The van der Waals surface area contributed by atoms with Gasteiger partial charge in [-0.2, -0.15) is 0 Å². The van der Waals surface area contributed by atoms with Gasteiger partial charge in [-0.1, -0.05) is 29.2 Å². The van der Waals surface area contributed by atoms with Crippen molar-refractivity contribution in [3.63, 3.8) is 0 Å². The molecular weight excluding hydrogens is 277 g/mol. The third-order valence-electron chi connectivity index (χ3n) is 3.39. The van der Waals surface area contributed by atoms with Gasteiger partial charge in [0.05, 0.1) is 6.54 Å². The van der Waals surface area contributed by atoms with E-state index in [2.05, 4.69) is 9.98 Å². The lowest BCUT2D eigenvalue weighted by Crippen LogP contribution is -2.38. The van der Waals surface area contributed by atoms with Crippen molar-refractivity contribution in [2.75, 3.05) is 0 Å². The molecule has 3 rings (SSSR count). The maximum atomic E-state index is 14.1. The summed E-state index contributed by atoms with van der Waals surface area (Å²) in [5.41, 5.74) is 5.95. The number of rotatable bonds is 1. The van der Waals surface area contributed by atoms with E-state index in [0.717, 1.165) is 0 Å². The molecule has 1 aromatic carbocycles. The molecule has 0 fully saturated rings. The van der Waals surface area contributed by atoms with Crippen LogP contribution in [-0.4, -0.2) is 23.2 Å². The summed E-state index contributed by atoms with van der Waals surface area (Å²) in [5, 5.41) is 0.329. The van der Waals surface area contributed by atoms with Crippen molar-refractivity contribution in [2.45, 2.75) is 19.0 Å². The number of hydrogen-bond donors (Lipinski definition) is 1. The number of halogens is 2. The van der Waals surface area contributed by atoms with Crippen LogP contribution in [0.5, 0.6) is 0 Å². The second-order valence-corrected chi connectivity index (χ2v) is 5.41. The minimum Gasteiger partial charge on any atom is -0.381 e. The fourth-order valence-corrected chi connectivity index (χ4v) is 2.69. The second-order valence-electron chi connectivity index (χ2n) is 5.03. The number of hydrogen-bond acceptors (Lipinski definition) is 3. The molecule has 0 saturated carbocycles. The molecule has 0 amide bonds. The maximum Gasteiger partial charge on any atom is 0.176 e. The standard InChI is InChI=1S/C13H11BClFN4/c1-13(8-4-7(14)2-3-9(8)16)6-20-5-10(15)18-12(20)11(17)19-13/h2-5H,6H2,1H3,(H2,17,19). The van der Waals surface area contributed by atoms with Gasteiger partial charge in [-0.3, -0.25) is 4.99 Å². The molecule has 20 heavy (non-hydrogen) atoms. The lowest BCUT2D eigenvalue weighted by molar-refractivity contribution is 0.383. The number of fused-ring (bicyclic) bond motifs is 1. The molecule has 2 aromatic rings. The van der Waals surface area contributed by atoms with Crippen LogP contribution in [0, 0.1) is 5.82 Å². The first-order valence-corrected chi connectivity index (χ1v) is 6.41. The fraction of sp³-hybridized carbons (Fsp3) is 0.231. The highest BCUT2D eigenvalue weighted by atomic mass is 35.5. The van der Waals surface area contributed by atoms with E-state index >= 15 is 0 Å². The van der Waals surface area contributed by atoms with Gasteiger partial charge in [0.1, 0.15) is 24.4 Å². The van der Waals surface area contributed by atoms with E-state index in [0.29, 0.717) is 28.5 Å². The quantitative estimate of drug-likeness (QED) is 0.799. The molecule has 0 spiro atoms. The number of nitrogens with zero attached hydrogens (tertiary/aromatic N) is 3. The zero-order valence-corrected chi connectivity index (χ0v) is 11.5. The van der Waals surface area contributed by atoms with Crippen LogP contribution in [0.25, 0.3) is 0 Å². The predicted octanol–water partition coefficient (Wildman–Crippen LogP) is 1.10. The second kappa shape index (κ2) is 4.35. The summed E-state index contributed by atoms with van der Waals surface area (Å²) in [5.74, 6) is 0.358. The van der Waals surface area contributed by atoms with E-state index in [1.807, 2.05) is 0 Å². The molecule has 7 heteroatoms. The van der Waals surface area contributed by atoms with E-state index in [1.165, 1.54) is 12.1 Å². The van der Waals surface area contributed by atoms with Gasteiger partial charge >= 0.3 is 0 Å². The van der Waals surface area contributed by atoms with E-state index in [1.54, 1.807) is 23.8 Å². The molecule has 0 bridgehead atoms. The average molecular weight is 289 g/mol. The van der Waals surface area contributed by atoms with Crippen molar-refractivity contribution < 1.29 is 4.39 Å². The van der Waals surface area contributed by atoms with E-state index in [4.69, 9.17) is 25.2 Å². The number of aliphatic imine (C=N–C) groups is 1. The molecule has 1 aromatic heterocycles. The van der Waals surface area contributed by atoms with E-state index in [-0.39, 0.29) is 11.7 Å². The lowest BCUT2D eigenvalue weighted by atomic mass is 9.85. The summed E-state index contributed by atoms with van der Waals surface area (Å²) in [6.45, 7) is 2.19. The van der Waals surface area contributed by atoms with Crippen LogP contribution < -0.4 is 11.2 Å². The monoisotopic (exact) mass is 288 g/mol. The Morgan fingerprint density at radius 1 is 1.50 bits per heavy atom. The van der Waals surface area contributed by atoms with Crippen molar-refractivity contribution in [3.8, 4) is 0 Å². The minimum atomic E-state index is -0.847. The molecule has 0 aliphatic carbocycles. The molecule has 2 heterocycles. The topological polar surface area (TPSA) is 56.2 Å². The number of benzene rings is 1. The van der Waals surface area contributed by atoms with Gasteiger partial charge in [0.15, 0.2) is 11.7 Å². The smallest absolute Gasteiger partial charge is 0.176 e. The zero-order valence-electron chi connectivity index (χ0n) is 10.8. The molecule has 2 radical (unpaired) electrons. The molecule has 0 saturated heterocycles. The third kappa shape index (κ3) is 2.00. The van der Waals surface area contributed by atoms with Crippen LogP contribution in [0.1, 0.15) is 18.3 Å². The fourth-order valence-electron chi connectivity index (χ4n) is 2.49. The first kappa shape index (κ1) is 13.2. The van der Waals surface area contributed by atoms with Crippen molar-refractivity contribution in [3.05, 3.63) is 46.8 Å². The Bertz CT molecular complexity index is 727. The number of nitrogens with two attached hydrogens (primary N) is 1. The summed E-state index contributed by atoms with van der Waals surface area (Å²) >= 11 is 5.88. The Kier molecular flexibility index (Phi) is 2.86. The maximum absolute atomic E-state index is 14.1. The van der Waals surface area contributed by atoms with Gasteiger partial charge in [-0.05, 0) is 13.0 Å². The van der Waals surface area contributed by atoms with Gasteiger partial charge in [0.25, 0.3) is 0 Å². The highest BCUT2D eigenvalue weighted by Gasteiger charge is 2.35. The highest BCUT2D eigenvalue weighted by molar-refractivity contribution is 6.32. The van der Waals surface area contributed by atoms with Gasteiger partial charge in [-0.15, -0.1) is 0 Å². The van der Waals surface area contributed by atoms with Crippen LogP contribution >= 0.6 is 11.6 Å². The molecule has 4 nitrogen and oxygen atoms in total. The van der Waals surface area contributed by atoms with Crippen LogP contribution in [0.4, 0.5) is 4.39 Å². The first-order valence-electron chi connectivity index (χ1n) is 6.03. The van der Waals surface area contributed by atoms with Crippen LogP contribution in [-0.2, 0) is 12.1 Å². The Morgan fingerprint density at radius 3 is 3.00 bits per heavy atom. The average Bonchev–Trinajstić information content (AvgIpc) is 2.73. The van der Waals surface area contributed by atoms with E-state index in [9.17, 15) is 4.39 Å². The van der Waals surface area contributed by atoms with Crippen molar-refractivity contribution >= 4 is 30.7 Å². The van der Waals surface area contributed by atoms with Gasteiger partial charge in [-0.25, -0.2) is 9.37 Å². The Balaban J connectivity index is 2.14. The van der Waals surface area contributed by atoms with Gasteiger partial charge < -0.3 is 10.3 Å². The van der Waals surface area contributed by atoms with Crippen LogP contribution in [0.15, 0.2) is 29.4 Å². The Hall–Kier alpha value is -1.82. The molecule has 100 valence electrons. The van der Waals surface area contributed by atoms with Gasteiger partial charge in [0.2, 0.25) is 0 Å². The number of aromatic nitrogens is 2. The van der Waals surface area contributed by atoms with Crippen molar-refractivity contribution in [1.82, 2.24) is 9.55 Å². The van der Waals surface area contributed by atoms with Crippen LogP contribution in [0.2, 0.25) is 5.15 Å². The predicted molar refractivity (Wildman–Crippen MR) is 77.1 cm³/mol. The molecular formula is C13H11BClFN4. The summed E-state index contributed by atoms with van der Waals surface area (Å²) in [7, 11) is 5.74.